The largest absolute Gasteiger partial charge is 0.464 e. The van der Waals surface area contributed by atoms with Gasteiger partial charge in [-0.3, -0.25) is 4.90 Å². The molecule has 1 aliphatic rings. The van der Waals surface area contributed by atoms with Crippen molar-refractivity contribution in [2.75, 3.05) is 25.4 Å². The lowest BCUT2D eigenvalue weighted by Gasteiger charge is -2.27. The summed E-state index contributed by atoms with van der Waals surface area (Å²) >= 11 is 1.59. The van der Waals surface area contributed by atoms with Gasteiger partial charge in [0.2, 0.25) is 0 Å². The van der Waals surface area contributed by atoms with Crippen molar-refractivity contribution in [2.24, 2.45) is 0 Å². The second kappa shape index (κ2) is 10.2. The Balaban J connectivity index is 2.56. The molecule has 2 atom stereocenters. The molecule has 0 aromatic heterocycles. The van der Waals surface area contributed by atoms with Crippen molar-refractivity contribution in [1.29, 1.82) is 0 Å². The molecule has 1 aliphatic heterocycles. The first-order valence-corrected chi connectivity index (χ1v) is 10.6. The van der Waals surface area contributed by atoms with Crippen LogP contribution in [-0.2, 0) is 19.0 Å². The van der Waals surface area contributed by atoms with Crippen LogP contribution in [0.25, 0.3) is 0 Å². The standard InChI is InChI=1S/C19H34N2O6S/c1-8-25-15(22)14-11-13(12-21(14)17(24)27-19(5,6)7)28-10-9-20-16(23)26-18(2,3)4/h13-14H,8-12H2,1-7H3,(H,20,23)/t13-,14+/m1/s1. The number of carbonyl (C=O) groups excluding carboxylic acids is 3. The number of amides is 2. The lowest BCUT2D eigenvalue weighted by molar-refractivity contribution is -0.148. The first kappa shape index (κ1) is 24.4. The summed E-state index contributed by atoms with van der Waals surface area (Å²) in [5.41, 5.74) is -1.18. The lowest BCUT2D eigenvalue weighted by Crippen LogP contribution is -2.44. The van der Waals surface area contributed by atoms with Gasteiger partial charge < -0.3 is 19.5 Å². The molecule has 0 aromatic carbocycles. The van der Waals surface area contributed by atoms with Crippen LogP contribution in [-0.4, -0.2) is 71.0 Å². The third-order valence-corrected chi connectivity index (χ3v) is 4.83. The fourth-order valence-corrected chi connectivity index (χ4v) is 3.73. The maximum absolute atomic E-state index is 12.5. The van der Waals surface area contributed by atoms with E-state index in [0.717, 1.165) is 0 Å². The number of rotatable bonds is 6. The molecule has 1 rings (SSSR count). The summed E-state index contributed by atoms with van der Waals surface area (Å²) in [5, 5.41) is 2.76. The predicted octanol–water partition coefficient (Wildman–Crippen LogP) is 3.19. The molecule has 0 aliphatic carbocycles. The number of nitrogens with zero attached hydrogens (tertiary/aromatic N) is 1. The summed E-state index contributed by atoms with van der Waals surface area (Å²) in [6.07, 6.45) is -0.477. The average Bonchev–Trinajstić information content (AvgIpc) is 2.93. The summed E-state index contributed by atoms with van der Waals surface area (Å²) in [6, 6.07) is -0.647. The molecule has 0 spiro atoms. The molecule has 28 heavy (non-hydrogen) atoms. The number of hydrogen-bond donors (Lipinski definition) is 1. The summed E-state index contributed by atoms with van der Waals surface area (Å²) in [4.78, 5) is 37.9. The molecule has 1 N–H and O–H groups in total. The van der Waals surface area contributed by atoms with E-state index in [9.17, 15) is 14.4 Å². The van der Waals surface area contributed by atoms with Gasteiger partial charge in [0.25, 0.3) is 0 Å². The number of carbonyl (C=O) groups is 3. The van der Waals surface area contributed by atoms with Gasteiger partial charge in [-0.25, -0.2) is 14.4 Å². The minimum Gasteiger partial charge on any atom is -0.464 e. The average molecular weight is 419 g/mol. The highest BCUT2D eigenvalue weighted by atomic mass is 32.2. The van der Waals surface area contributed by atoms with Gasteiger partial charge in [0.15, 0.2) is 0 Å². The molecular formula is C19H34N2O6S. The Morgan fingerprint density at radius 2 is 1.68 bits per heavy atom. The topological polar surface area (TPSA) is 94.2 Å². The maximum Gasteiger partial charge on any atom is 0.411 e. The number of thioether (sulfide) groups is 1. The van der Waals surface area contributed by atoms with Gasteiger partial charge in [0.05, 0.1) is 6.61 Å². The number of alkyl carbamates (subject to hydrolysis) is 1. The fourth-order valence-electron chi connectivity index (χ4n) is 2.60. The number of likely N-dealkylation sites (tertiary alicyclic amines) is 1. The van der Waals surface area contributed by atoms with Crippen LogP contribution in [0.1, 0.15) is 54.9 Å². The first-order chi connectivity index (χ1) is 12.8. The van der Waals surface area contributed by atoms with E-state index < -0.39 is 35.4 Å². The first-order valence-electron chi connectivity index (χ1n) is 9.57. The third-order valence-electron chi connectivity index (χ3n) is 3.57. The molecule has 0 bridgehead atoms. The van der Waals surface area contributed by atoms with Gasteiger partial charge in [0, 0.05) is 24.1 Å². The minimum atomic E-state index is -0.647. The predicted molar refractivity (Wildman–Crippen MR) is 108 cm³/mol. The molecule has 1 heterocycles. The quantitative estimate of drug-likeness (QED) is 0.402. The van der Waals surface area contributed by atoms with Gasteiger partial charge in [-0.2, -0.15) is 11.8 Å². The Bertz CT molecular complexity index is 556. The molecule has 0 aromatic rings. The van der Waals surface area contributed by atoms with E-state index in [0.29, 0.717) is 25.3 Å². The van der Waals surface area contributed by atoms with Crippen molar-refractivity contribution in [3.05, 3.63) is 0 Å². The van der Waals surface area contributed by atoms with Crippen LogP contribution in [0.5, 0.6) is 0 Å². The number of hydrogen-bond acceptors (Lipinski definition) is 7. The molecule has 9 heteroatoms. The van der Waals surface area contributed by atoms with Crippen molar-refractivity contribution < 1.29 is 28.6 Å². The van der Waals surface area contributed by atoms with Gasteiger partial charge in [-0.05, 0) is 54.9 Å². The van der Waals surface area contributed by atoms with Crippen LogP contribution < -0.4 is 5.32 Å². The van der Waals surface area contributed by atoms with Crippen LogP contribution in [0.15, 0.2) is 0 Å². The molecule has 0 unspecified atom stereocenters. The van der Waals surface area contributed by atoms with Crippen LogP contribution >= 0.6 is 11.8 Å². The molecule has 8 nitrogen and oxygen atoms in total. The van der Waals surface area contributed by atoms with Crippen LogP contribution in [0, 0.1) is 0 Å². The second-order valence-corrected chi connectivity index (χ2v) is 9.97. The van der Waals surface area contributed by atoms with E-state index in [4.69, 9.17) is 14.2 Å². The smallest absolute Gasteiger partial charge is 0.411 e. The fraction of sp³-hybridized carbons (Fsp3) is 0.842. The summed E-state index contributed by atoms with van der Waals surface area (Å²) in [6.45, 7) is 13.6. The highest BCUT2D eigenvalue weighted by molar-refractivity contribution is 7.99. The summed E-state index contributed by atoms with van der Waals surface area (Å²) in [7, 11) is 0. The van der Waals surface area contributed by atoms with Crippen LogP contribution in [0.3, 0.4) is 0 Å². The van der Waals surface area contributed by atoms with Crippen molar-refractivity contribution in [3.8, 4) is 0 Å². The Labute approximate surface area is 172 Å². The molecule has 1 saturated heterocycles. The monoisotopic (exact) mass is 418 g/mol. The number of ether oxygens (including phenoxy) is 3. The van der Waals surface area contributed by atoms with E-state index in [1.54, 1.807) is 60.2 Å². The zero-order chi connectivity index (χ0) is 21.5. The normalized spacial score (nSPS) is 19.9. The van der Waals surface area contributed by atoms with Crippen molar-refractivity contribution in [3.63, 3.8) is 0 Å². The minimum absolute atomic E-state index is 0.0577. The Morgan fingerprint density at radius 3 is 2.21 bits per heavy atom. The molecule has 0 saturated carbocycles. The van der Waals surface area contributed by atoms with E-state index in [1.807, 2.05) is 0 Å². The van der Waals surface area contributed by atoms with Crippen molar-refractivity contribution >= 4 is 29.9 Å². The Morgan fingerprint density at radius 1 is 1.07 bits per heavy atom. The highest BCUT2D eigenvalue weighted by Crippen LogP contribution is 2.29. The number of esters is 1. The second-order valence-electron chi connectivity index (χ2n) is 8.56. The van der Waals surface area contributed by atoms with Crippen LogP contribution in [0.2, 0.25) is 0 Å². The van der Waals surface area contributed by atoms with Gasteiger partial charge in [-0.1, -0.05) is 0 Å². The van der Waals surface area contributed by atoms with Gasteiger partial charge in [0.1, 0.15) is 17.2 Å². The summed E-state index contributed by atoms with van der Waals surface area (Å²) in [5.74, 6) is 0.227. The Hall–Kier alpha value is -1.64. The van der Waals surface area contributed by atoms with Gasteiger partial charge >= 0.3 is 18.2 Å². The van der Waals surface area contributed by atoms with E-state index in [1.165, 1.54) is 4.90 Å². The zero-order valence-corrected chi connectivity index (χ0v) is 18.8. The van der Waals surface area contributed by atoms with E-state index in [2.05, 4.69) is 5.32 Å². The molecular weight excluding hydrogens is 384 g/mol. The molecule has 1 fully saturated rings. The maximum atomic E-state index is 12.5. The third kappa shape index (κ3) is 9.03. The molecule has 162 valence electrons. The number of nitrogens with one attached hydrogen (secondary N) is 1. The lowest BCUT2D eigenvalue weighted by atomic mass is 10.2. The van der Waals surface area contributed by atoms with E-state index in [-0.39, 0.29) is 11.9 Å². The zero-order valence-electron chi connectivity index (χ0n) is 18.0. The summed E-state index contributed by atoms with van der Waals surface area (Å²) < 4.78 is 15.7. The SMILES string of the molecule is CCOC(=O)[C@@H]1C[C@@H](SCCNC(=O)OC(C)(C)C)CN1C(=O)OC(C)(C)C. The molecule has 2 amide bonds. The van der Waals surface area contributed by atoms with Crippen molar-refractivity contribution in [1.82, 2.24) is 10.2 Å². The van der Waals surface area contributed by atoms with Gasteiger partial charge in [-0.15, -0.1) is 0 Å². The van der Waals surface area contributed by atoms with E-state index >= 15 is 0 Å². The van der Waals surface area contributed by atoms with Crippen LogP contribution in [0.4, 0.5) is 9.59 Å². The highest BCUT2D eigenvalue weighted by Gasteiger charge is 2.42. The molecule has 0 radical (unpaired) electrons. The van der Waals surface area contributed by atoms with Crippen molar-refractivity contribution in [2.45, 2.75) is 77.4 Å². The Kier molecular flexibility index (Phi) is 8.91.